The highest BCUT2D eigenvalue weighted by Crippen LogP contribution is 2.57. The van der Waals surface area contributed by atoms with Gasteiger partial charge in [0.25, 0.3) is 0 Å². The fraction of sp³-hybridized carbons (Fsp3) is 0.364. The summed E-state index contributed by atoms with van der Waals surface area (Å²) in [5.74, 6) is 0.976. The number of hydrogen-bond donors (Lipinski definition) is 0. The molecule has 364 valence electrons. The lowest BCUT2D eigenvalue weighted by Gasteiger charge is -2.55. The molecule has 0 amide bonds. The van der Waals surface area contributed by atoms with Gasteiger partial charge in [-0.25, -0.2) is 0 Å². The Morgan fingerprint density at radius 1 is 0.662 bits per heavy atom. The summed E-state index contributed by atoms with van der Waals surface area (Å²) in [6.45, 7) is 19.1. The van der Waals surface area contributed by atoms with Crippen LogP contribution in [0.3, 0.4) is 0 Å². The van der Waals surface area contributed by atoms with Crippen LogP contribution in [-0.2, 0) is 12.8 Å². The van der Waals surface area contributed by atoms with Crippen molar-refractivity contribution in [3.63, 3.8) is 0 Å². The molecular weight excluding hydrogens is 878 g/mol. The molecule has 0 fully saturated rings. The summed E-state index contributed by atoms with van der Waals surface area (Å²) in [5.41, 5.74) is 18.8. The molecule has 2 aliphatic heterocycles. The van der Waals surface area contributed by atoms with Crippen LogP contribution in [0.25, 0.3) is 10.1 Å². The number of allylic oxidation sites excluding steroid dienone is 1. The average molecular weight is 954 g/mol. The van der Waals surface area contributed by atoms with Crippen molar-refractivity contribution < 1.29 is 0 Å². The minimum atomic E-state index is -0.322. The third-order valence-corrected chi connectivity index (χ3v) is 17.5. The van der Waals surface area contributed by atoms with Crippen LogP contribution in [0.5, 0.6) is 0 Å². The Morgan fingerprint density at radius 2 is 1.31 bits per heavy atom. The highest BCUT2D eigenvalue weighted by atomic mass is 32.1. The Morgan fingerprint density at radius 3 is 1.93 bits per heavy atom. The number of rotatable bonds is 19. The average Bonchev–Trinajstić information content (AvgIpc) is 3.76. The van der Waals surface area contributed by atoms with E-state index in [0.717, 1.165) is 19.3 Å². The second kappa shape index (κ2) is 21.1. The molecule has 0 spiro atoms. The molecule has 4 atom stereocenters. The molecule has 0 N–H and O–H groups in total. The topological polar surface area (TPSA) is 9.72 Å². The van der Waals surface area contributed by atoms with Gasteiger partial charge in [0.2, 0.25) is 6.71 Å². The fourth-order valence-corrected chi connectivity index (χ4v) is 13.9. The lowest BCUT2D eigenvalue weighted by atomic mass is 9.25. The van der Waals surface area contributed by atoms with E-state index >= 15 is 0 Å². The maximum absolute atomic E-state index is 2.84. The molecule has 0 bridgehead atoms. The minimum Gasteiger partial charge on any atom is -0.335 e. The number of thiophene rings is 1. The monoisotopic (exact) mass is 954 g/mol. The molecule has 0 radical (unpaired) electrons. The Balaban J connectivity index is 1.29. The fourth-order valence-electron chi connectivity index (χ4n) is 12.4. The predicted molar refractivity (Wildman–Crippen MR) is 312 cm³/mol. The molecule has 10 rings (SSSR count). The summed E-state index contributed by atoms with van der Waals surface area (Å²) >= 11 is 2.04. The number of anilines is 7. The quantitative estimate of drug-likeness (QED) is 0.0748. The van der Waals surface area contributed by atoms with E-state index in [1.54, 1.807) is 0 Å². The van der Waals surface area contributed by atoms with E-state index in [2.05, 4.69) is 222 Å². The largest absolute Gasteiger partial charge is 0.335 e. The summed E-state index contributed by atoms with van der Waals surface area (Å²) in [7, 11) is 0. The third-order valence-electron chi connectivity index (χ3n) is 16.3. The van der Waals surface area contributed by atoms with Gasteiger partial charge in [0.15, 0.2) is 0 Å². The van der Waals surface area contributed by atoms with E-state index in [-0.39, 0.29) is 18.1 Å². The lowest BCUT2D eigenvalue weighted by molar-refractivity contribution is 0.596. The van der Waals surface area contributed by atoms with Crippen molar-refractivity contribution in [1.82, 2.24) is 0 Å². The second-order valence-electron chi connectivity index (χ2n) is 21.4. The van der Waals surface area contributed by atoms with Crippen molar-refractivity contribution in [2.24, 2.45) is 0 Å². The molecule has 1 aliphatic carbocycles. The van der Waals surface area contributed by atoms with Gasteiger partial charge in [-0.1, -0.05) is 153 Å². The molecule has 3 nitrogen and oxygen atoms in total. The molecule has 71 heavy (non-hydrogen) atoms. The van der Waals surface area contributed by atoms with Crippen LogP contribution < -0.4 is 24.9 Å². The van der Waals surface area contributed by atoms with Gasteiger partial charge in [-0.15, -0.1) is 11.3 Å². The first-order valence-corrected chi connectivity index (χ1v) is 28.3. The maximum atomic E-state index is 2.84. The number of hydrogen-bond acceptors (Lipinski definition) is 4. The lowest BCUT2D eigenvalue weighted by Crippen LogP contribution is -2.65. The molecule has 0 saturated heterocycles. The SMILES string of the molecule is CCCCc1cc(CCCC)cc(N2c3cc(C(C)CCCC)cc4c3B(c3sc5cc(C)ccc5c3N4c3ccc(C(CC)CCC)cc3)C3(C)C=CC(N(c4ccccc4)c4ccccc4)=CC23)c1. The van der Waals surface area contributed by atoms with Gasteiger partial charge in [-0.2, -0.15) is 0 Å². The van der Waals surface area contributed by atoms with E-state index in [1.165, 1.54) is 151 Å². The molecule has 4 unspecified atom stereocenters. The number of fused-ring (bicyclic) bond motifs is 6. The van der Waals surface area contributed by atoms with Crippen LogP contribution in [0, 0.1) is 6.92 Å². The first-order chi connectivity index (χ1) is 34.7. The zero-order valence-electron chi connectivity index (χ0n) is 44.0. The summed E-state index contributed by atoms with van der Waals surface area (Å²) in [5, 5.41) is 1.04. The van der Waals surface area contributed by atoms with Crippen molar-refractivity contribution in [2.75, 3.05) is 14.7 Å². The van der Waals surface area contributed by atoms with E-state index in [4.69, 9.17) is 0 Å². The Bertz CT molecular complexity index is 2960. The molecule has 3 heterocycles. The van der Waals surface area contributed by atoms with Crippen LogP contribution >= 0.6 is 11.3 Å². The second-order valence-corrected chi connectivity index (χ2v) is 22.5. The van der Waals surface area contributed by atoms with E-state index in [0.29, 0.717) is 11.8 Å². The van der Waals surface area contributed by atoms with Crippen LogP contribution in [0.15, 0.2) is 157 Å². The molecule has 5 heteroatoms. The van der Waals surface area contributed by atoms with Gasteiger partial charge < -0.3 is 14.7 Å². The van der Waals surface area contributed by atoms with Crippen molar-refractivity contribution in [3.05, 3.63) is 185 Å². The minimum absolute atomic E-state index is 0.000373. The van der Waals surface area contributed by atoms with Crippen LogP contribution in [0.4, 0.5) is 39.8 Å². The molecule has 1 aromatic heterocycles. The maximum Gasteiger partial charge on any atom is 0.242 e. The predicted octanol–water partition coefficient (Wildman–Crippen LogP) is 18.4. The molecule has 0 saturated carbocycles. The Hall–Kier alpha value is -5.78. The van der Waals surface area contributed by atoms with Gasteiger partial charge in [-0.05, 0) is 181 Å². The molecule has 7 aromatic rings. The summed E-state index contributed by atoms with van der Waals surface area (Å²) < 4.78 is 2.85. The van der Waals surface area contributed by atoms with Gasteiger partial charge >= 0.3 is 0 Å². The highest BCUT2D eigenvalue weighted by molar-refractivity contribution is 7.32. The number of benzene rings is 6. The molecular formula is C66H76BN3S. The molecule has 3 aliphatic rings. The van der Waals surface area contributed by atoms with Gasteiger partial charge in [-0.3, -0.25) is 0 Å². The Kier molecular flexibility index (Phi) is 14.5. The van der Waals surface area contributed by atoms with E-state index in [9.17, 15) is 0 Å². The number of unbranched alkanes of at least 4 members (excludes halogenated alkanes) is 3. The van der Waals surface area contributed by atoms with Gasteiger partial charge in [0, 0.05) is 54.7 Å². The zero-order valence-corrected chi connectivity index (χ0v) is 44.8. The Labute approximate surface area is 431 Å². The van der Waals surface area contributed by atoms with Gasteiger partial charge in [0.1, 0.15) is 0 Å². The van der Waals surface area contributed by atoms with Crippen molar-refractivity contribution in [1.29, 1.82) is 0 Å². The smallest absolute Gasteiger partial charge is 0.242 e. The highest BCUT2D eigenvalue weighted by Gasteiger charge is 2.57. The summed E-state index contributed by atoms with van der Waals surface area (Å²) in [4.78, 5) is 8.03. The summed E-state index contributed by atoms with van der Waals surface area (Å²) in [6.07, 6.45) is 21.8. The van der Waals surface area contributed by atoms with Crippen LogP contribution in [0.2, 0.25) is 5.31 Å². The van der Waals surface area contributed by atoms with E-state index in [1.807, 2.05) is 11.3 Å². The van der Waals surface area contributed by atoms with Crippen molar-refractivity contribution >= 4 is 78.2 Å². The first-order valence-electron chi connectivity index (χ1n) is 27.5. The van der Waals surface area contributed by atoms with Crippen molar-refractivity contribution in [2.45, 2.75) is 156 Å². The number of aryl methyl sites for hydroxylation is 3. The van der Waals surface area contributed by atoms with Gasteiger partial charge in [0.05, 0.1) is 11.7 Å². The van der Waals surface area contributed by atoms with Crippen LogP contribution in [0.1, 0.15) is 152 Å². The number of nitrogens with zero attached hydrogens (tertiary/aromatic N) is 3. The van der Waals surface area contributed by atoms with Crippen LogP contribution in [-0.4, -0.2) is 12.8 Å². The number of para-hydroxylation sites is 2. The summed E-state index contributed by atoms with van der Waals surface area (Å²) in [6, 6.07) is 52.0. The third kappa shape index (κ3) is 9.22. The normalized spacial score (nSPS) is 17.7. The van der Waals surface area contributed by atoms with Crippen molar-refractivity contribution in [3.8, 4) is 0 Å². The molecule has 6 aromatic carbocycles. The first kappa shape index (κ1) is 48.8. The standard InChI is InChI=1S/C66H76BN3S/c1-9-14-24-47(7)52-43-59-63-60(44-52)70(55-34-32-51(33-35-55)50(13-5)23-12-4)64-58-36-31-46(6)39-61(58)71-65(64)67(63)66(8)38-37-56(68(53-27-19-17-20-28-53)54-29-21-18-22-30-54)45-62(66)69(59)57-41-48(25-15-10-2)40-49(42-57)26-16-11-3/h17-22,27-45,47,50,62H,9-16,23-26H2,1-8H3. The van der Waals surface area contributed by atoms with E-state index < -0.39 is 0 Å². The zero-order chi connectivity index (χ0) is 49.2.